The lowest BCUT2D eigenvalue weighted by atomic mass is 9.98. The van der Waals surface area contributed by atoms with Crippen molar-refractivity contribution in [3.05, 3.63) is 35.4 Å². The summed E-state index contributed by atoms with van der Waals surface area (Å²) in [5.74, 6) is 0.202. The average Bonchev–Trinajstić information content (AvgIpc) is 2.63. The van der Waals surface area contributed by atoms with E-state index in [9.17, 15) is 9.59 Å². The summed E-state index contributed by atoms with van der Waals surface area (Å²) in [5.41, 5.74) is 0.984. The molecule has 1 aromatic rings. The van der Waals surface area contributed by atoms with Gasteiger partial charge in [-0.25, -0.2) is 0 Å². The normalized spacial score (nSPS) is 15.2. The van der Waals surface area contributed by atoms with Crippen LogP contribution in [0.25, 0.3) is 0 Å². The number of benzene rings is 1. The van der Waals surface area contributed by atoms with Crippen LogP contribution in [0.2, 0.25) is 0 Å². The minimum atomic E-state index is -0.156. The van der Waals surface area contributed by atoms with Gasteiger partial charge in [0, 0.05) is 30.6 Å². The van der Waals surface area contributed by atoms with Crippen molar-refractivity contribution in [1.29, 1.82) is 5.26 Å². The Morgan fingerprint density at radius 3 is 2.54 bits per heavy atom. The number of likely N-dealkylation sites (tertiary alicyclic amines) is 1. The third kappa shape index (κ3) is 4.35. The minimum absolute atomic E-state index is 0.0778. The summed E-state index contributed by atoms with van der Waals surface area (Å²) in [7, 11) is 0. The van der Waals surface area contributed by atoms with Crippen LogP contribution in [0.1, 0.15) is 55.5 Å². The Labute approximate surface area is 143 Å². The predicted molar refractivity (Wildman–Crippen MR) is 92.3 cm³/mol. The Morgan fingerprint density at radius 1 is 1.29 bits per heavy atom. The van der Waals surface area contributed by atoms with Gasteiger partial charge in [0.15, 0.2) is 0 Å². The maximum absolute atomic E-state index is 12.4. The van der Waals surface area contributed by atoms with E-state index in [2.05, 4.69) is 5.32 Å². The second-order valence-electron chi connectivity index (χ2n) is 6.28. The summed E-state index contributed by atoms with van der Waals surface area (Å²) in [6.45, 7) is 5.49. The first kappa shape index (κ1) is 18.0. The molecule has 1 aromatic carbocycles. The van der Waals surface area contributed by atoms with Crippen LogP contribution in [0.5, 0.6) is 0 Å². The average molecular weight is 327 g/mol. The lowest BCUT2D eigenvalue weighted by Gasteiger charge is -2.34. The molecule has 0 spiro atoms. The Bertz CT molecular complexity index is 624. The molecule has 1 N–H and O–H groups in total. The summed E-state index contributed by atoms with van der Waals surface area (Å²) in [5, 5.41) is 11.9. The monoisotopic (exact) mass is 327 g/mol. The third-order valence-corrected chi connectivity index (χ3v) is 4.73. The summed E-state index contributed by atoms with van der Waals surface area (Å²) in [6.07, 6.45) is 3.30. The molecule has 1 heterocycles. The van der Waals surface area contributed by atoms with E-state index in [1.54, 1.807) is 24.3 Å². The molecule has 0 atom stereocenters. The molecule has 1 aliphatic heterocycles. The lowest BCUT2D eigenvalue weighted by molar-refractivity contribution is -0.136. The molecule has 0 aromatic heterocycles. The van der Waals surface area contributed by atoms with Gasteiger partial charge in [-0.05, 0) is 43.9 Å². The first-order valence-corrected chi connectivity index (χ1v) is 8.68. The van der Waals surface area contributed by atoms with E-state index in [0.717, 1.165) is 25.7 Å². The molecule has 2 rings (SSSR count). The highest BCUT2D eigenvalue weighted by atomic mass is 16.2. The maximum Gasteiger partial charge on any atom is 0.251 e. The van der Waals surface area contributed by atoms with Gasteiger partial charge < -0.3 is 10.2 Å². The third-order valence-electron chi connectivity index (χ3n) is 4.73. The molecule has 5 nitrogen and oxygen atoms in total. The number of piperidine rings is 1. The number of carbonyl (C=O) groups excluding carboxylic acids is 2. The Hall–Kier alpha value is -2.35. The van der Waals surface area contributed by atoms with Crippen molar-refractivity contribution in [3.8, 4) is 6.07 Å². The summed E-state index contributed by atoms with van der Waals surface area (Å²) >= 11 is 0. The molecule has 0 unspecified atom stereocenters. The number of amides is 2. The summed E-state index contributed by atoms with van der Waals surface area (Å²) < 4.78 is 0. The van der Waals surface area contributed by atoms with Crippen LogP contribution in [0.4, 0.5) is 0 Å². The van der Waals surface area contributed by atoms with Crippen molar-refractivity contribution < 1.29 is 9.59 Å². The van der Waals surface area contributed by atoms with Gasteiger partial charge in [-0.2, -0.15) is 5.26 Å². The molecule has 128 valence electrons. The smallest absolute Gasteiger partial charge is 0.251 e. The van der Waals surface area contributed by atoms with Gasteiger partial charge in [-0.15, -0.1) is 0 Å². The largest absolute Gasteiger partial charge is 0.349 e. The number of hydrogen-bond donors (Lipinski definition) is 1. The zero-order chi connectivity index (χ0) is 17.5. The first-order valence-electron chi connectivity index (χ1n) is 8.68. The van der Waals surface area contributed by atoms with Crippen LogP contribution >= 0.6 is 0 Å². The molecule has 5 heteroatoms. The number of nitriles is 1. The van der Waals surface area contributed by atoms with Gasteiger partial charge >= 0.3 is 0 Å². The lowest BCUT2D eigenvalue weighted by Crippen LogP contribution is -2.48. The first-order chi connectivity index (χ1) is 11.6. The van der Waals surface area contributed by atoms with E-state index in [1.807, 2.05) is 24.8 Å². The fourth-order valence-electron chi connectivity index (χ4n) is 3.14. The molecule has 24 heavy (non-hydrogen) atoms. The molecule has 2 amide bonds. The number of nitrogens with zero attached hydrogens (tertiary/aromatic N) is 2. The predicted octanol–water partition coefficient (Wildman–Crippen LogP) is 2.72. The quantitative estimate of drug-likeness (QED) is 0.903. The molecule has 1 aliphatic rings. The number of carbonyl (C=O) groups is 2. The van der Waals surface area contributed by atoms with Gasteiger partial charge in [0.05, 0.1) is 11.6 Å². The van der Waals surface area contributed by atoms with E-state index in [-0.39, 0.29) is 23.8 Å². The highest BCUT2D eigenvalue weighted by Gasteiger charge is 2.27. The van der Waals surface area contributed by atoms with Crippen molar-refractivity contribution >= 4 is 11.8 Å². The van der Waals surface area contributed by atoms with Crippen molar-refractivity contribution in [2.75, 3.05) is 13.1 Å². The van der Waals surface area contributed by atoms with Crippen molar-refractivity contribution in [1.82, 2.24) is 10.2 Å². The molecular weight excluding hydrogens is 302 g/mol. The second kappa shape index (κ2) is 8.49. The molecule has 1 fully saturated rings. The maximum atomic E-state index is 12.4. The van der Waals surface area contributed by atoms with E-state index in [4.69, 9.17) is 5.26 Å². The van der Waals surface area contributed by atoms with Gasteiger partial charge in [-0.3, -0.25) is 9.59 Å². The molecule has 0 saturated carbocycles. The zero-order valence-corrected chi connectivity index (χ0v) is 14.4. The molecule has 0 bridgehead atoms. The van der Waals surface area contributed by atoms with Crippen LogP contribution in [-0.2, 0) is 4.79 Å². The number of nitrogens with one attached hydrogen (secondary N) is 1. The van der Waals surface area contributed by atoms with Gasteiger partial charge in [0.2, 0.25) is 5.91 Å². The van der Waals surface area contributed by atoms with Crippen LogP contribution in [-0.4, -0.2) is 35.8 Å². The van der Waals surface area contributed by atoms with Crippen LogP contribution in [0, 0.1) is 17.2 Å². The molecule has 0 radical (unpaired) electrons. The topological polar surface area (TPSA) is 73.2 Å². The SMILES string of the molecule is CCC(CC)C(=O)N1CCC(NC(=O)c2cccc(C#N)c2)CC1. The van der Waals surface area contributed by atoms with Gasteiger partial charge in [0.25, 0.3) is 5.91 Å². The summed E-state index contributed by atoms with van der Waals surface area (Å²) in [6, 6.07) is 8.82. The highest BCUT2D eigenvalue weighted by Crippen LogP contribution is 2.17. The van der Waals surface area contributed by atoms with Crippen molar-refractivity contribution in [2.24, 2.45) is 5.92 Å². The number of hydrogen-bond acceptors (Lipinski definition) is 3. The fourth-order valence-corrected chi connectivity index (χ4v) is 3.14. The Balaban J connectivity index is 1.87. The highest BCUT2D eigenvalue weighted by molar-refractivity contribution is 5.94. The minimum Gasteiger partial charge on any atom is -0.349 e. The van der Waals surface area contributed by atoms with Crippen molar-refractivity contribution in [3.63, 3.8) is 0 Å². The number of rotatable bonds is 5. The standard InChI is InChI=1S/C19H25N3O2/c1-3-15(4-2)19(24)22-10-8-17(9-11-22)21-18(23)16-7-5-6-14(12-16)13-20/h5-7,12,15,17H,3-4,8-11H2,1-2H3,(H,21,23). The fraction of sp³-hybridized carbons (Fsp3) is 0.526. The summed E-state index contributed by atoms with van der Waals surface area (Å²) in [4.78, 5) is 26.6. The van der Waals surface area contributed by atoms with E-state index in [1.165, 1.54) is 0 Å². The molecule has 1 saturated heterocycles. The van der Waals surface area contributed by atoms with Crippen LogP contribution in [0.15, 0.2) is 24.3 Å². The van der Waals surface area contributed by atoms with Gasteiger partial charge in [-0.1, -0.05) is 19.9 Å². The van der Waals surface area contributed by atoms with E-state index >= 15 is 0 Å². The molecular formula is C19H25N3O2. The van der Waals surface area contributed by atoms with E-state index in [0.29, 0.717) is 24.2 Å². The zero-order valence-electron chi connectivity index (χ0n) is 14.4. The Morgan fingerprint density at radius 2 is 1.96 bits per heavy atom. The Kier molecular flexibility index (Phi) is 6.36. The van der Waals surface area contributed by atoms with Gasteiger partial charge in [0.1, 0.15) is 0 Å². The van der Waals surface area contributed by atoms with E-state index < -0.39 is 0 Å². The van der Waals surface area contributed by atoms with Crippen LogP contribution in [0.3, 0.4) is 0 Å². The van der Waals surface area contributed by atoms with Crippen molar-refractivity contribution in [2.45, 2.75) is 45.6 Å². The van der Waals surface area contributed by atoms with Crippen LogP contribution < -0.4 is 5.32 Å². The molecule has 0 aliphatic carbocycles. The second-order valence-corrected chi connectivity index (χ2v) is 6.28.